The van der Waals surface area contributed by atoms with Gasteiger partial charge in [-0.15, -0.1) is 10.2 Å². The smallest absolute Gasteiger partial charge is 0.232 e. The summed E-state index contributed by atoms with van der Waals surface area (Å²) in [6.07, 6.45) is 1.68. The Morgan fingerprint density at radius 2 is 1.82 bits per heavy atom. The van der Waals surface area contributed by atoms with E-state index >= 15 is 0 Å². The first kappa shape index (κ1) is 21.0. The van der Waals surface area contributed by atoms with E-state index in [9.17, 15) is 5.26 Å². The quantitative estimate of drug-likeness (QED) is 0.389. The van der Waals surface area contributed by atoms with Crippen molar-refractivity contribution in [1.82, 2.24) is 14.8 Å². The van der Waals surface area contributed by atoms with Crippen LogP contribution in [0.5, 0.6) is 0 Å². The van der Waals surface area contributed by atoms with Crippen LogP contribution in [0.4, 0.5) is 5.95 Å². The Morgan fingerprint density at radius 1 is 1.00 bits per heavy atom. The third kappa shape index (κ3) is 4.40. The number of anilines is 1. The summed E-state index contributed by atoms with van der Waals surface area (Å²) in [6.45, 7) is 2.66. The van der Waals surface area contributed by atoms with E-state index in [1.807, 2.05) is 71.3 Å². The Hall–Kier alpha value is -3.86. The summed E-state index contributed by atoms with van der Waals surface area (Å²) in [5.41, 5.74) is 2.08. The van der Waals surface area contributed by atoms with Crippen LogP contribution >= 0.6 is 11.6 Å². The zero-order valence-corrected chi connectivity index (χ0v) is 18.4. The minimum Gasteiger partial charge on any atom is -0.457 e. The van der Waals surface area contributed by atoms with Gasteiger partial charge in [0.05, 0.1) is 18.9 Å². The van der Waals surface area contributed by atoms with Crippen molar-refractivity contribution in [2.24, 2.45) is 0 Å². The zero-order chi connectivity index (χ0) is 22.6. The number of morpholine rings is 1. The fraction of sp³-hybridized carbons (Fsp3) is 0.160. The molecule has 0 atom stereocenters. The average Bonchev–Trinajstić information content (AvgIpc) is 3.51. The monoisotopic (exact) mass is 457 g/mol. The Labute approximate surface area is 196 Å². The highest BCUT2D eigenvalue weighted by Crippen LogP contribution is 2.29. The average molecular weight is 458 g/mol. The minimum atomic E-state index is 0.345. The van der Waals surface area contributed by atoms with Gasteiger partial charge in [-0.25, -0.2) is 0 Å². The molecule has 5 rings (SSSR count). The summed E-state index contributed by atoms with van der Waals surface area (Å²) >= 11 is 6.10. The third-order valence-electron chi connectivity index (χ3n) is 5.34. The highest BCUT2D eigenvalue weighted by Gasteiger charge is 2.23. The van der Waals surface area contributed by atoms with Crippen molar-refractivity contribution in [1.29, 1.82) is 5.26 Å². The fourth-order valence-electron chi connectivity index (χ4n) is 3.75. The van der Waals surface area contributed by atoms with Gasteiger partial charge in [-0.2, -0.15) is 5.26 Å². The van der Waals surface area contributed by atoms with Crippen LogP contribution in [0.3, 0.4) is 0 Å². The normalized spacial score (nSPS) is 14.3. The van der Waals surface area contributed by atoms with Gasteiger partial charge < -0.3 is 14.1 Å². The molecule has 2 aromatic carbocycles. The molecule has 8 heteroatoms. The molecule has 0 bridgehead atoms. The first-order valence-corrected chi connectivity index (χ1v) is 10.9. The molecule has 0 saturated carbocycles. The minimum absolute atomic E-state index is 0.345. The third-order valence-corrected chi connectivity index (χ3v) is 5.57. The molecule has 0 spiro atoms. The van der Waals surface area contributed by atoms with Crippen molar-refractivity contribution in [3.05, 3.63) is 83.3 Å². The number of furan rings is 1. The van der Waals surface area contributed by atoms with E-state index in [0.29, 0.717) is 60.2 Å². The van der Waals surface area contributed by atoms with Gasteiger partial charge in [-0.1, -0.05) is 41.9 Å². The number of hydrogen-bond acceptors (Lipinski definition) is 6. The Bertz CT molecular complexity index is 1330. The fourth-order valence-corrected chi connectivity index (χ4v) is 3.94. The molecule has 3 heterocycles. The lowest BCUT2D eigenvalue weighted by Gasteiger charge is -2.28. The van der Waals surface area contributed by atoms with E-state index in [2.05, 4.69) is 21.2 Å². The molecule has 2 aromatic heterocycles. The molecule has 0 aliphatic carbocycles. The van der Waals surface area contributed by atoms with Gasteiger partial charge in [0, 0.05) is 29.8 Å². The van der Waals surface area contributed by atoms with Crippen LogP contribution in [-0.4, -0.2) is 41.1 Å². The first-order chi connectivity index (χ1) is 16.2. The van der Waals surface area contributed by atoms with Crippen LogP contribution in [0.1, 0.15) is 11.6 Å². The van der Waals surface area contributed by atoms with E-state index in [0.717, 1.165) is 11.3 Å². The molecule has 164 valence electrons. The molecule has 0 N–H and O–H groups in total. The maximum absolute atomic E-state index is 10.00. The summed E-state index contributed by atoms with van der Waals surface area (Å²) < 4.78 is 13.4. The molecule has 0 amide bonds. The number of nitrogens with zero attached hydrogens (tertiary/aromatic N) is 5. The van der Waals surface area contributed by atoms with Gasteiger partial charge >= 0.3 is 0 Å². The van der Waals surface area contributed by atoms with Crippen molar-refractivity contribution in [2.75, 3.05) is 31.2 Å². The zero-order valence-electron chi connectivity index (χ0n) is 17.7. The maximum atomic E-state index is 10.00. The summed E-state index contributed by atoms with van der Waals surface area (Å²) in [5, 5.41) is 19.5. The number of aromatic nitrogens is 3. The molecule has 1 saturated heterocycles. The van der Waals surface area contributed by atoms with Gasteiger partial charge in [0.1, 0.15) is 23.2 Å². The SMILES string of the molecule is N#C/C(=C\c1ccc(-c2cccc(Cl)c2)o1)c1nnc(N2CCOCC2)n1-c1ccccc1. The molecule has 1 aliphatic rings. The van der Waals surface area contributed by atoms with Crippen molar-refractivity contribution < 1.29 is 9.15 Å². The molecule has 4 aromatic rings. The molecule has 1 aliphatic heterocycles. The predicted octanol–water partition coefficient (Wildman–Crippen LogP) is 5.08. The number of ether oxygens (including phenoxy) is 1. The molecular formula is C25H20ClN5O2. The molecule has 0 radical (unpaired) electrons. The van der Waals surface area contributed by atoms with Crippen LogP contribution in [-0.2, 0) is 4.74 Å². The van der Waals surface area contributed by atoms with Crippen molar-refractivity contribution >= 4 is 29.2 Å². The van der Waals surface area contributed by atoms with Gasteiger partial charge in [0.25, 0.3) is 0 Å². The topological polar surface area (TPSA) is 80.1 Å². The standard InChI is InChI=1S/C25H20ClN5O2/c26-20-6-4-5-18(15-20)23-10-9-22(33-23)16-19(17-27)24-28-29-25(30-11-13-32-14-12-30)31(24)21-7-2-1-3-8-21/h1-10,15-16H,11-14H2/b19-16+. The predicted molar refractivity (Wildman–Crippen MR) is 127 cm³/mol. The lowest BCUT2D eigenvalue weighted by molar-refractivity contribution is 0.122. The summed E-state index contributed by atoms with van der Waals surface area (Å²) in [4.78, 5) is 2.12. The second-order valence-electron chi connectivity index (χ2n) is 7.48. The van der Waals surface area contributed by atoms with Crippen LogP contribution in [0, 0.1) is 11.3 Å². The molecule has 0 unspecified atom stereocenters. The highest BCUT2D eigenvalue weighted by molar-refractivity contribution is 6.30. The van der Waals surface area contributed by atoms with E-state index in [1.54, 1.807) is 6.08 Å². The van der Waals surface area contributed by atoms with E-state index in [1.165, 1.54) is 0 Å². The highest BCUT2D eigenvalue weighted by atomic mass is 35.5. The number of rotatable bonds is 5. The molecule has 7 nitrogen and oxygen atoms in total. The Balaban J connectivity index is 1.56. The number of nitriles is 1. The summed E-state index contributed by atoms with van der Waals surface area (Å²) in [6, 6.07) is 23.1. The van der Waals surface area contributed by atoms with Gasteiger partial charge in [-0.05, 0) is 36.4 Å². The van der Waals surface area contributed by atoms with Crippen LogP contribution < -0.4 is 4.90 Å². The molecule has 33 heavy (non-hydrogen) atoms. The summed E-state index contributed by atoms with van der Waals surface area (Å²) in [5.74, 6) is 2.34. The Kier molecular flexibility index (Phi) is 5.94. The van der Waals surface area contributed by atoms with E-state index in [-0.39, 0.29) is 0 Å². The molecule has 1 fully saturated rings. The number of hydrogen-bond donors (Lipinski definition) is 0. The molecular weight excluding hydrogens is 438 g/mol. The second kappa shape index (κ2) is 9.33. The van der Waals surface area contributed by atoms with E-state index in [4.69, 9.17) is 20.8 Å². The number of benzene rings is 2. The van der Waals surface area contributed by atoms with Gasteiger partial charge in [0.15, 0.2) is 5.82 Å². The van der Waals surface area contributed by atoms with Crippen LogP contribution in [0.25, 0.3) is 28.7 Å². The first-order valence-electron chi connectivity index (χ1n) is 10.5. The van der Waals surface area contributed by atoms with E-state index < -0.39 is 0 Å². The largest absolute Gasteiger partial charge is 0.457 e. The second-order valence-corrected chi connectivity index (χ2v) is 7.91. The number of para-hydroxylation sites is 1. The van der Waals surface area contributed by atoms with Crippen LogP contribution in [0.2, 0.25) is 5.02 Å². The lowest BCUT2D eigenvalue weighted by Crippen LogP contribution is -2.38. The number of allylic oxidation sites excluding steroid dienone is 1. The summed E-state index contributed by atoms with van der Waals surface area (Å²) in [7, 11) is 0. The van der Waals surface area contributed by atoms with Crippen molar-refractivity contribution in [3.8, 4) is 23.1 Å². The van der Waals surface area contributed by atoms with Gasteiger partial charge in [0.2, 0.25) is 5.95 Å². The van der Waals surface area contributed by atoms with Crippen molar-refractivity contribution in [3.63, 3.8) is 0 Å². The Morgan fingerprint density at radius 3 is 2.58 bits per heavy atom. The maximum Gasteiger partial charge on any atom is 0.232 e. The number of halogens is 1. The van der Waals surface area contributed by atoms with Crippen LogP contribution in [0.15, 0.2) is 71.1 Å². The lowest BCUT2D eigenvalue weighted by atomic mass is 10.2. The van der Waals surface area contributed by atoms with Crippen molar-refractivity contribution in [2.45, 2.75) is 0 Å². The van der Waals surface area contributed by atoms with Gasteiger partial charge in [-0.3, -0.25) is 4.57 Å².